The molecule has 0 heterocycles. The zero-order valence-electron chi connectivity index (χ0n) is 17.4. The van der Waals surface area contributed by atoms with Crippen LogP contribution in [0.1, 0.15) is 70.1 Å². The smallest absolute Gasteiger partial charge is 0.350 e. The Morgan fingerprint density at radius 2 is 1.37 bits per heavy atom. The highest BCUT2D eigenvalue weighted by atomic mass is 16.6. The van der Waals surface area contributed by atoms with E-state index in [4.69, 9.17) is 9.47 Å². The van der Waals surface area contributed by atoms with E-state index in [0.29, 0.717) is 30.6 Å². The second-order valence-corrected chi connectivity index (χ2v) is 7.85. The topological polar surface area (TPSA) is 35.5 Å². The normalized spacial score (nSPS) is 13.5. The maximum atomic E-state index is 12.7. The Hall–Kier alpha value is -2.29. The highest BCUT2D eigenvalue weighted by Gasteiger charge is 2.37. The highest BCUT2D eigenvalue weighted by Crippen LogP contribution is 2.26. The largest absolute Gasteiger partial charge is 0.476 e. The molecule has 0 N–H and O–H groups in total. The zero-order valence-corrected chi connectivity index (χ0v) is 17.4. The molecule has 2 aromatic rings. The summed E-state index contributed by atoms with van der Waals surface area (Å²) in [6, 6.07) is 16.3. The Kier molecular flexibility index (Phi) is 7.06. The molecule has 0 bridgehead atoms. The molecule has 2 rings (SSSR count). The molecule has 0 saturated heterocycles. The second kappa shape index (κ2) is 9.07. The van der Waals surface area contributed by atoms with Crippen molar-refractivity contribution in [2.75, 3.05) is 6.61 Å². The van der Waals surface area contributed by atoms with Crippen LogP contribution in [0.15, 0.2) is 48.5 Å². The van der Waals surface area contributed by atoms with Gasteiger partial charge in [0.15, 0.2) is 0 Å². The van der Waals surface area contributed by atoms with Gasteiger partial charge in [0.25, 0.3) is 0 Å². The van der Waals surface area contributed by atoms with Crippen LogP contribution in [-0.2, 0) is 16.0 Å². The van der Waals surface area contributed by atoms with Crippen LogP contribution in [0, 0.1) is 0 Å². The van der Waals surface area contributed by atoms with Crippen molar-refractivity contribution in [2.24, 2.45) is 0 Å². The number of carbonyl (C=O) groups excluding carboxylic acids is 1. The summed E-state index contributed by atoms with van der Waals surface area (Å²) in [6.07, 6.45) is 0.455. The number of esters is 1. The summed E-state index contributed by atoms with van der Waals surface area (Å²) in [4.78, 5) is 12.7. The molecule has 0 aliphatic carbocycles. The molecule has 146 valence electrons. The molecule has 27 heavy (non-hydrogen) atoms. The average Bonchev–Trinajstić information content (AvgIpc) is 2.62. The minimum Gasteiger partial charge on any atom is -0.476 e. The standard InChI is InChI=1S/C24H32O3/c1-7-26-23(25)24(6,16-19-8-10-20(11-9-19)17(2)3)27-22-14-12-21(13-15-22)18(4)5/h8-15,17-18H,7,16H2,1-6H3. The average molecular weight is 369 g/mol. The van der Waals surface area contributed by atoms with Gasteiger partial charge in [0.2, 0.25) is 5.60 Å². The van der Waals surface area contributed by atoms with E-state index in [1.165, 1.54) is 11.1 Å². The van der Waals surface area contributed by atoms with Gasteiger partial charge in [-0.2, -0.15) is 0 Å². The zero-order chi connectivity index (χ0) is 20.0. The number of hydrogen-bond donors (Lipinski definition) is 0. The van der Waals surface area contributed by atoms with E-state index in [2.05, 4.69) is 52.0 Å². The van der Waals surface area contributed by atoms with E-state index in [1.54, 1.807) is 6.92 Å². The molecule has 0 aromatic heterocycles. The van der Waals surface area contributed by atoms with E-state index in [1.807, 2.05) is 31.2 Å². The summed E-state index contributed by atoms with van der Waals surface area (Å²) in [5.74, 6) is 1.26. The quantitative estimate of drug-likeness (QED) is 0.546. The van der Waals surface area contributed by atoms with Gasteiger partial charge in [-0.15, -0.1) is 0 Å². The molecule has 0 amide bonds. The van der Waals surface area contributed by atoms with Gasteiger partial charge in [-0.1, -0.05) is 64.1 Å². The summed E-state index contributed by atoms with van der Waals surface area (Å²) in [6.45, 7) is 12.6. The van der Waals surface area contributed by atoms with E-state index in [9.17, 15) is 4.79 Å². The fourth-order valence-corrected chi connectivity index (χ4v) is 3.02. The van der Waals surface area contributed by atoms with Crippen LogP contribution in [0.25, 0.3) is 0 Å². The van der Waals surface area contributed by atoms with Crippen molar-refractivity contribution in [1.29, 1.82) is 0 Å². The van der Waals surface area contributed by atoms with Crippen molar-refractivity contribution in [3.8, 4) is 5.75 Å². The molecule has 0 spiro atoms. The van der Waals surface area contributed by atoms with Gasteiger partial charge in [0.1, 0.15) is 5.75 Å². The molecule has 0 saturated carbocycles. The number of ether oxygens (including phenoxy) is 2. The van der Waals surface area contributed by atoms with E-state index in [-0.39, 0.29) is 5.97 Å². The predicted octanol–water partition coefficient (Wildman–Crippen LogP) is 5.88. The van der Waals surface area contributed by atoms with Crippen molar-refractivity contribution in [1.82, 2.24) is 0 Å². The molecule has 0 radical (unpaired) electrons. The van der Waals surface area contributed by atoms with E-state index in [0.717, 1.165) is 5.56 Å². The van der Waals surface area contributed by atoms with Crippen molar-refractivity contribution >= 4 is 5.97 Å². The number of carbonyl (C=O) groups is 1. The number of hydrogen-bond acceptors (Lipinski definition) is 3. The van der Waals surface area contributed by atoms with Gasteiger partial charge < -0.3 is 9.47 Å². The molecular weight excluding hydrogens is 336 g/mol. The summed E-state index contributed by atoms with van der Waals surface area (Å²) in [7, 11) is 0. The van der Waals surface area contributed by atoms with Gasteiger partial charge in [-0.25, -0.2) is 4.79 Å². The molecule has 0 aliphatic rings. The van der Waals surface area contributed by atoms with Gasteiger partial charge in [0, 0.05) is 6.42 Å². The van der Waals surface area contributed by atoms with Crippen LogP contribution in [0.4, 0.5) is 0 Å². The van der Waals surface area contributed by atoms with Crippen LogP contribution in [-0.4, -0.2) is 18.2 Å². The van der Waals surface area contributed by atoms with Crippen molar-refractivity contribution < 1.29 is 14.3 Å². The van der Waals surface area contributed by atoms with Crippen LogP contribution in [0.5, 0.6) is 5.75 Å². The van der Waals surface area contributed by atoms with Gasteiger partial charge >= 0.3 is 5.97 Å². The number of benzene rings is 2. The van der Waals surface area contributed by atoms with Gasteiger partial charge in [-0.05, 0) is 54.5 Å². The second-order valence-electron chi connectivity index (χ2n) is 7.85. The van der Waals surface area contributed by atoms with Crippen molar-refractivity contribution in [2.45, 2.75) is 65.4 Å². The van der Waals surface area contributed by atoms with E-state index < -0.39 is 5.60 Å². The lowest BCUT2D eigenvalue weighted by Crippen LogP contribution is -2.45. The van der Waals surface area contributed by atoms with Gasteiger partial charge in [-0.3, -0.25) is 0 Å². The SMILES string of the molecule is CCOC(=O)C(C)(Cc1ccc(C(C)C)cc1)Oc1ccc(C(C)C)cc1. The Balaban J connectivity index is 2.24. The molecule has 1 atom stereocenters. The van der Waals surface area contributed by atoms with Crippen LogP contribution in [0.2, 0.25) is 0 Å². The first kappa shape index (κ1) is 21.0. The Morgan fingerprint density at radius 1 is 0.889 bits per heavy atom. The maximum absolute atomic E-state index is 12.7. The Morgan fingerprint density at radius 3 is 1.81 bits per heavy atom. The molecule has 2 aromatic carbocycles. The molecule has 1 unspecified atom stereocenters. The first-order chi connectivity index (χ1) is 12.7. The van der Waals surface area contributed by atoms with Crippen LogP contribution < -0.4 is 4.74 Å². The predicted molar refractivity (Wildman–Crippen MR) is 110 cm³/mol. The lowest BCUT2D eigenvalue weighted by atomic mass is 9.93. The first-order valence-electron chi connectivity index (χ1n) is 9.80. The minimum absolute atomic E-state index is 0.330. The maximum Gasteiger partial charge on any atom is 0.350 e. The third kappa shape index (κ3) is 5.59. The molecule has 0 aliphatic heterocycles. The van der Waals surface area contributed by atoms with Gasteiger partial charge in [0.05, 0.1) is 6.61 Å². The highest BCUT2D eigenvalue weighted by molar-refractivity contribution is 5.80. The molecule has 3 heteroatoms. The summed E-state index contributed by atoms with van der Waals surface area (Å²) in [5, 5.41) is 0. The van der Waals surface area contributed by atoms with Crippen LogP contribution >= 0.6 is 0 Å². The fraction of sp³-hybridized carbons (Fsp3) is 0.458. The fourth-order valence-electron chi connectivity index (χ4n) is 3.02. The van der Waals surface area contributed by atoms with Crippen molar-refractivity contribution in [3.05, 3.63) is 65.2 Å². The lowest BCUT2D eigenvalue weighted by molar-refractivity contribution is -0.160. The lowest BCUT2D eigenvalue weighted by Gasteiger charge is -2.29. The van der Waals surface area contributed by atoms with E-state index >= 15 is 0 Å². The summed E-state index contributed by atoms with van der Waals surface area (Å²) in [5.41, 5.74) is 2.49. The van der Waals surface area contributed by atoms with Crippen LogP contribution in [0.3, 0.4) is 0 Å². The number of rotatable bonds is 8. The summed E-state index contributed by atoms with van der Waals surface area (Å²) >= 11 is 0. The van der Waals surface area contributed by atoms with Crippen molar-refractivity contribution in [3.63, 3.8) is 0 Å². The summed E-state index contributed by atoms with van der Waals surface area (Å²) < 4.78 is 11.5. The molecular formula is C24H32O3. The Labute approximate surface area is 163 Å². The monoisotopic (exact) mass is 368 g/mol. The molecule has 0 fully saturated rings. The third-order valence-corrected chi connectivity index (χ3v) is 4.78. The first-order valence-corrected chi connectivity index (χ1v) is 9.80. The molecule has 3 nitrogen and oxygen atoms in total. The third-order valence-electron chi connectivity index (χ3n) is 4.78. The Bertz CT molecular complexity index is 674. The minimum atomic E-state index is -1.07.